The number of carbonyl (C=O) groups excluding carboxylic acids is 8. The zero-order valence-electron chi connectivity index (χ0n) is 54.6. The van der Waals surface area contributed by atoms with Crippen LogP contribution in [0.3, 0.4) is 0 Å². The number of nitrogens with one attached hydrogen (secondary N) is 2. The Morgan fingerprint density at radius 1 is 0.376 bits per heavy atom. The number of ether oxygens (including phenoxy) is 8. The number of hydrogen-bond donors (Lipinski definition) is 3. The van der Waals surface area contributed by atoms with Crippen molar-refractivity contribution < 1.29 is 94.8 Å². The summed E-state index contributed by atoms with van der Waals surface area (Å²) in [5, 5.41) is 4.73. The molecule has 0 bridgehead atoms. The van der Waals surface area contributed by atoms with E-state index in [1.807, 2.05) is 0 Å². The predicted molar refractivity (Wildman–Crippen MR) is 322 cm³/mol. The minimum atomic E-state index is -5.22. The average Bonchev–Trinajstić information content (AvgIpc) is 3.48. The van der Waals surface area contributed by atoms with E-state index in [4.69, 9.17) is 46.9 Å². The summed E-state index contributed by atoms with van der Waals surface area (Å²) in [5.41, 5.74) is -3.80. The van der Waals surface area contributed by atoms with Crippen LogP contribution in [0.2, 0.25) is 0 Å². The zero-order valence-corrected chi connectivity index (χ0v) is 55.5. The summed E-state index contributed by atoms with van der Waals surface area (Å²) in [6, 6.07) is -3.17. The third kappa shape index (κ3) is 50.2. The Hall–Kier alpha value is -4.53. The number of phosphoric acid groups is 1. The van der Waals surface area contributed by atoms with Gasteiger partial charge >= 0.3 is 55.8 Å². The van der Waals surface area contributed by atoms with E-state index >= 15 is 0 Å². The van der Waals surface area contributed by atoms with Crippen molar-refractivity contribution in [3.05, 3.63) is 0 Å². The van der Waals surface area contributed by atoms with Crippen LogP contribution >= 0.6 is 7.82 Å². The molecule has 3 N–H and O–H groups in total. The second-order valence-corrected chi connectivity index (χ2v) is 27.2. The summed E-state index contributed by atoms with van der Waals surface area (Å²) in [7, 11) is -5.22. The number of phosphoric ester groups is 1. The predicted octanol–water partition coefficient (Wildman–Crippen LogP) is 13.5. The van der Waals surface area contributed by atoms with E-state index in [2.05, 4.69) is 24.5 Å². The summed E-state index contributed by atoms with van der Waals surface area (Å²) in [4.78, 5) is 116. The van der Waals surface area contributed by atoms with Crippen LogP contribution in [0.4, 0.5) is 9.59 Å². The van der Waals surface area contributed by atoms with Gasteiger partial charge in [0.05, 0.1) is 13.2 Å². The quantitative estimate of drug-likeness (QED) is 0.0221. The van der Waals surface area contributed by atoms with Crippen molar-refractivity contribution in [2.45, 2.75) is 323 Å². The van der Waals surface area contributed by atoms with Crippen LogP contribution in [0.1, 0.15) is 277 Å². The van der Waals surface area contributed by atoms with E-state index in [0.29, 0.717) is 12.8 Å². The number of hydrogen-bond acceptors (Lipinski definition) is 19. The Kier molecular flexibility index (Phi) is 41.6. The molecule has 0 fully saturated rings. The highest BCUT2D eigenvalue weighted by Crippen LogP contribution is 2.43. The number of rotatable bonds is 46. The standard InChI is InChI=1S/C62H113N2O20P/c1-15-17-19-21-23-25-27-29-31-33-35-37-51(65)75-43-47(79-52(66)38-36-34-32-30-28-26-24-22-20-18-16-2)45-77-85(73,74)78-46-48(80-56(70)50(64-58(72)84-62(12,13)14)40-42-54(68)82-60(6,7)8)44-76-55(69)49(63-57(71)83-61(9,10)11)39-41-53(67)81-59(3,4)5/h47-50H,15-46H2,1-14H3,(H,63,71)(H,64,72)(H,73,74)/t47-,48?,49+,50+/m1/s1. The molecule has 496 valence electrons. The van der Waals surface area contributed by atoms with E-state index in [-0.39, 0.29) is 25.7 Å². The summed E-state index contributed by atoms with van der Waals surface area (Å²) in [6.45, 7) is 20.5. The summed E-state index contributed by atoms with van der Waals surface area (Å²) in [6.07, 6.45) is 17.1. The van der Waals surface area contributed by atoms with Gasteiger partial charge in [-0.1, -0.05) is 142 Å². The smallest absolute Gasteiger partial charge is 0.462 e. The summed E-state index contributed by atoms with van der Waals surface area (Å²) in [5.74, 6) is -5.02. The number of unbranched alkanes of at least 4 members (excludes halogenated alkanes) is 20. The molecule has 23 heteroatoms. The highest BCUT2D eigenvalue weighted by atomic mass is 31.2. The van der Waals surface area contributed by atoms with Crippen LogP contribution in [0, 0.1) is 0 Å². The van der Waals surface area contributed by atoms with Gasteiger partial charge in [0, 0.05) is 25.7 Å². The molecule has 85 heavy (non-hydrogen) atoms. The van der Waals surface area contributed by atoms with Crippen molar-refractivity contribution in [2.75, 3.05) is 26.4 Å². The molecule has 0 aliphatic rings. The van der Waals surface area contributed by atoms with Gasteiger partial charge in [-0.25, -0.2) is 23.7 Å². The van der Waals surface area contributed by atoms with E-state index in [0.717, 1.165) is 51.4 Å². The lowest BCUT2D eigenvalue weighted by Gasteiger charge is -2.26. The molecule has 0 heterocycles. The third-order valence-corrected chi connectivity index (χ3v) is 13.3. The van der Waals surface area contributed by atoms with Crippen LogP contribution < -0.4 is 10.6 Å². The van der Waals surface area contributed by atoms with Gasteiger partial charge in [-0.3, -0.25) is 28.2 Å². The van der Waals surface area contributed by atoms with Crippen LogP contribution in [0.25, 0.3) is 0 Å². The van der Waals surface area contributed by atoms with Crippen molar-refractivity contribution >= 4 is 55.8 Å². The first-order valence-electron chi connectivity index (χ1n) is 31.4. The van der Waals surface area contributed by atoms with Crippen molar-refractivity contribution in [1.82, 2.24) is 10.6 Å². The monoisotopic (exact) mass is 1240 g/mol. The second-order valence-electron chi connectivity index (χ2n) is 25.8. The third-order valence-electron chi connectivity index (χ3n) is 12.3. The normalized spacial score (nSPS) is 14.1. The molecular formula is C62H113N2O20P. The Labute approximate surface area is 509 Å². The van der Waals surface area contributed by atoms with Gasteiger partial charge < -0.3 is 53.4 Å². The van der Waals surface area contributed by atoms with Crippen LogP contribution in [-0.2, 0) is 80.3 Å². The fourth-order valence-electron chi connectivity index (χ4n) is 8.22. The molecule has 0 saturated carbocycles. The lowest BCUT2D eigenvalue weighted by atomic mass is 10.1. The molecule has 5 atom stereocenters. The molecule has 22 nitrogen and oxygen atoms in total. The topological polar surface area (TPSA) is 290 Å². The van der Waals surface area contributed by atoms with Crippen molar-refractivity contribution in [1.29, 1.82) is 0 Å². The van der Waals surface area contributed by atoms with Crippen LogP contribution in [0.15, 0.2) is 0 Å². The second kappa shape index (κ2) is 44.0. The molecule has 0 aromatic rings. The first kappa shape index (κ1) is 80.5. The Morgan fingerprint density at radius 3 is 1.06 bits per heavy atom. The largest absolute Gasteiger partial charge is 0.472 e. The minimum absolute atomic E-state index is 0.0377. The SMILES string of the molecule is CCCCCCCCCCCCCC(=O)OC[C@H](COP(=O)(O)OCC(COC(=O)[C@H](CCC(=O)OC(C)(C)C)NC(=O)OC(C)(C)C)OC(=O)[C@H](CCC(=O)OC(C)(C)C)NC(=O)OC(C)(C)C)OC(=O)CCCCCCCCCCCCC. The number of alkyl carbamates (subject to hydrolysis) is 2. The molecule has 0 saturated heterocycles. The molecule has 0 aromatic carbocycles. The van der Waals surface area contributed by atoms with Crippen molar-refractivity contribution in [3.63, 3.8) is 0 Å². The van der Waals surface area contributed by atoms with Crippen LogP contribution in [0.5, 0.6) is 0 Å². The van der Waals surface area contributed by atoms with Gasteiger partial charge in [-0.05, 0) is 109 Å². The van der Waals surface area contributed by atoms with E-state index in [1.165, 1.54) is 77.0 Å². The maximum Gasteiger partial charge on any atom is 0.472 e. The first-order valence-corrected chi connectivity index (χ1v) is 32.9. The molecule has 2 unspecified atom stereocenters. The lowest BCUT2D eigenvalue weighted by molar-refractivity contribution is -0.165. The maximum atomic E-state index is 14.0. The maximum absolute atomic E-state index is 14.0. The highest BCUT2D eigenvalue weighted by Gasteiger charge is 2.34. The molecule has 0 radical (unpaired) electrons. The van der Waals surface area contributed by atoms with Crippen LogP contribution in [-0.4, -0.2) is 126 Å². The van der Waals surface area contributed by atoms with Gasteiger partial charge in [0.25, 0.3) is 0 Å². The summed E-state index contributed by atoms with van der Waals surface area (Å²) >= 11 is 0. The molecule has 0 rings (SSSR count). The minimum Gasteiger partial charge on any atom is -0.462 e. The molecule has 0 aromatic heterocycles. The van der Waals surface area contributed by atoms with Crippen molar-refractivity contribution in [2.24, 2.45) is 0 Å². The number of carbonyl (C=O) groups is 8. The van der Waals surface area contributed by atoms with Gasteiger partial charge in [0.1, 0.15) is 47.7 Å². The van der Waals surface area contributed by atoms with E-state index < -0.39 is 142 Å². The Bertz CT molecular complexity index is 1970. The first-order chi connectivity index (χ1) is 39.6. The van der Waals surface area contributed by atoms with Gasteiger partial charge in [-0.15, -0.1) is 0 Å². The van der Waals surface area contributed by atoms with Gasteiger partial charge in [0.2, 0.25) is 0 Å². The fourth-order valence-corrected chi connectivity index (χ4v) is 9.01. The van der Waals surface area contributed by atoms with Crippen molar-refractivity contribution in [3.8, 4) is 0 Å². The molecule has 0 aliphatic carbocycles. The summed E-state index contributed by atoms with van der Waals surface area (Å²) < 4.78 is 67.9. The average molecular weight is 1240 g/mol. The lowest BCUT2D eigenvalue weighted by Crippen LogP contribution is -2.47. The molecule has 2 amide bonds. The molecule has 0 aliphatic heterocycles. The van der Waals surface area contributed by atoms with Gasteiger partial charge in [0.15, 0.2) is 12.2 Å². The molecular weight excluding hydrogens is 1120 g/mol. The Balaban J connectivity index is 6.55. The van der Waals surface area contributed by atoms with Gasteiger partial charge in [-0.2, -0.15) is 0 Å². The van der Waals surface area contributed by atoms with E-state index in [1.54, 1.807) is 83.1 Å². The highest BCUT2D eigenvalue weighted by molar-refractivity contribution is 7.47. The molecule has 0 spiro atoms. The van der Waals surface area contributed by atoms with E-state index in [9.17, 15) is 47.8 Å². The fraction of sp³-hybridized carbons (Fsp3) is 0.871. The number of amides is 2. The Morgan fingerprint density at radius 2 is 0.694 bits per heavy atom. The zero-order chi connectivity index (χ0) is 64.5. The number of esters is 6.